The van der Waals surface area contributed by atoms with Gasteiger partial charge in [0.15, 0.2) is 0 Å². The normalized spacial score (nSPS) is 11.9. The van der Waals surface area contributed by atoms with Gasteiger partial charge < -0.3 is 5.73 Å². The van der Waals surface area contributed by atoms with Crippen LogP contribution in [0.15, 0.2) is 29.4 Å². The molecule has 3 N–H and O–H groups in total. The van der Waals surface area contributed by atoms with Gasteiger partial charge in [-0.3, -0.25) is 9.40 Å². The van der Waals surface area contributed by atoms with E-state index in [9.17, 15) is 8.42 Å². The Labute approximate surface area is 125 Å². The van der Waals surface area contributed by atoms with Crippen LogP contribution < -0.4 is 10.5 Å². The monoisotopic (exact) mass is 308 g/mol. The molecule has 0 fully saturated rings. The minimum Gasteiger partial charge on any atom is -0.398 e. The molecule has 0 atom stereocenters. The second kappa shape index (κ2) is 5.40. The molecule has 0 unspecified atom stereocenters. The number of nitrogens with zero attached hydrogens (tertiary/aromatic N) is 2. The van der Waals surface area contributed by atoms with E-state index in [1.807, 2.05) is 13.8 Å². The quantitative estimate of drug-likeness (QED) is 0.849. The molecule has 114 valence electrons. The molecule has 0 aliphatic rings. The predicted molar refractivity (Wildman–Crippen MR) is 83.7 cm³/mol. The molecule has 2 rings (SSSR count). The van der Waals surface area contributed by atoms with E-state index in [0.717, 1.165) is 0 Å². The number of hydrogen-bond acceptors (Lipinski definition) is 4. The van der Waals surface area contributed by atoms with E-state index in [4.69, 9.17) is 5.73 Å². The summed E-state index contributed by atoms with van der Waals surface area (Å²) in [6.45, 7) is 7.39. The second-order valence-electron chi connectivity index (χ2n) is 5.33. The predicted octanol–water partition coefficient (Wildman–Crippen LogP) is 2.46. The second-order valence-corrected chi connectivity index (χ2v) is 6.95. The van der Waals surface area contributed by atoms with Crippen LogP contribution in [0, 0.1) is 13.8 Å². The summed E-state index contributed by atoms with van der Waals surface area (Å²) < 4.78 is 29.4. The van der Waals surface area contributed by atoms with Gasteiger partial charge in [-0.2, -0.15) is 5.10 Å². The number of rotatable bonds is 4. The molecule has 2 aromatic rings. The van der Waals surface area contributed by atoms with Crippen molar-refractivity contribution in [1.82, 2.24) is 9.78 Å². The van der Waals surface area contributed by atoms with E-state index in [1.54, 1.807) is 36.9 Å². The third-order valence-corrected chi connectivity index (χ3v) is 4.97. The lowest BCUT2D eigenvalue weighted by Crippen LogP contribution is -2.16. The fourth-order valence-electron chi connectivity index (χ4n) is 2.14. The van der Waals surface area contributed by atoms with Crippen molar-refractivity contribution in [3.05, 3.63) is 35.7 Å². The highest BCUT2D eigenvalue weighted by atomic mass is 32.2. The lowest BCUT2D eigenvalue weighted by molar-refractivity contribution is 0.532. The fourth-order valence-corrected chi connectivity index (χ4v) is 3.67. The highest BCUT2D eigenvalue weighted by Crippen LogP contribution is 2.26. The van der Waals surface area contributed by atoms with Crippen LogP contribution in [-0.2, 0) is 10.0 Å². The van der Waals surface area contributed by atoms with Crippen molar-refractivity contribution in [3.63, 3.8) is 0 Å². The minimum absolute atomic E-state index is 0.166. The highest BCUT2D eigenvalue weighted by Gasteiger charge is 2.21. The van der Waals surface area contributed by atoms with E-state index in [1.165, 1.54) is 6.20 Å². The Hall–Kier alpha value is -2.02. The number of benzene rings is 1. The van der Waals surface area contributed by atoms with Gasteiger partial charge in [0.25, 0.3) is 10.0 Å². The Morgan fingerprint density at radius 2 is 1.95 bits per heavy atom. The number of nitrogens with one attached hydrogen (secondary N) is 1. The van der Waals surface area contributed by atoms with Crippen LogP contribution in [0.4, 0.5) is 11.4 Å². The first-order valence-corrected chi connectivity index (χ1v) is 8.13. The Kier molecular flexibility index (Phi) is 3.95. The molecule has 0 aliphatic heterocycles. The van der Waals surface area contributed by atoms with Crippen LogP contribution in [0.2, 0.25) is 0 Å². The Balaban J connectivity index is 2.41. The van der Waals surface area contributed by atoms with Crippen LogP contribution in [-0.4, -0.2) is 18.2 Å². The zero-order valence-corrected chi connectivity index (χ0v) is 13.4. The van der Waals surface area contributed by atoms with Crippen LogP contribution in [0.1, 0.15) is 31.0 Å². The van der Waals surface area contributed by atoms with Gasteiger partial charge >= 0.3 is 0 Å². The standard InChI is InChI=1S/C14H20N4O2S/c1-9(2)18-8-12(7-16-18)17-21(19,20)14-10(3)5-6-13(15)11(14)4/h5-9,17H,15H2,1-4H3. The molecule has 0 aliphatic carbocycles. The molecule has 6 nitrogen and oxygen atoms in total. The molecule has 0 saturated heterocycles. The van der Waals surface area contributed by atoms with Crippen molar-refractivity contribution in [3.8, 4) is 0 Å². The smallest absolute Gasteiger partial charge is 0.262 e. The summed E-state index contributed by atoms with van der Waals surface area (Å²) in [5, 5.41) is 4.12. The lowest BCUT2D eigenvalue weighted by atomic mass is 10.1. The summed E-state index contributed by atoms with van der Waals surface area (Å²) in [4.78, 5) is 0.222. The van der Waals surface area contributed by atoms with Crippen molar-refractivity contribution in [2.75, 3.05) is 10.5 Å². The molecule has 0 amide bonds. The molecule has 0 spiro atoms. The van der Waals surface area contributed by atoms with Crippen LogP contribution in [0.3, 0.4) is 0 Å². The molecule has 7 heteroatoms. The van der Waals surface area contributed by atoms with Gasteiger partial charge in [0.2, 0.25) is 0 Å². The van der Waals surface area contributed by atoms with Gasteiger partial charge in [0, 0.05) is 17.9 Å². The zero-order chi connectivity index (χ0) is 15.8. The number of anilines is 2. The summed E-state index contributed by atoms with van der Waals surface area (Å²) in [5.41, 5.74) is 7.92. The van der Waals surface area contributed by atoms with Crippen molar-refractivity contribution in [1.29, 1.82) is 0 Å². The first-order valence-electron chi connectivity index (χ1n) is 6.65. The van der Waals surface area contributed by atoms with Gasteiger partial charge in [0.05, 0.1) is 16.8 Å². The highest BCUT2D eigenvalue weighted by molar-refractivity contribution is 7.92. The SMILES string of the molecule is Cc1ccc(N)c(C)c1S(=O)(=O)Nc1cnn(C(C)C)c1. The molecule has 1 aromatic carbocycles. The summed E-state index contributed by atoms with van der Waals surface area (Å²) in [7, 11) is -3.69. The molecule has 0 saturated carbocycles. The number of nitrogen functional groups attached to an aromatic ring is 1. The van der Waals surface area contributed by atoms with E-state index in [-0.39, 0.29) is 10.9 Å². The average Bonchev–Trinajstić information content (AvgIpc) is 2.82. The molecular formula is C14H20N4O2S. The summed E-state index contributed by atoms with van der Waals surface area (Å²) in [6, 6.07) is 3.58. The van der Waals surface area contributed by atoms with Crippen molar-refractivity contribution in [2.24, 2.45) is 0 Å². The van der Waals surface area contributed by atoms with E-state index in [0.29, 0.717) is 22.5 Å². The average molecular weight is 308 g/mol. The zero-order valence-electron chi connectivity index (χ0n) is 12.6. The largest absolute Gasteiger partial charge is 0.398 e. The fraction of sp³-hybridized carbons (Fsp3) is 0.357. The molecule has 0 bridgehead atoms. The Morgan fingerprint density at radius 3 is 2.52 bits per heavy atom. The van der Waals surface area contributed by atoms with Gasteiger partial charge in [-0.25, -0.2) is 8.42 Å². The topological polar surface area (TPSA) is 90.0 Å². The third-order valence-electron chi connectivity index (χ3n) is 3.30. The summed E-state index contributed by atoms with van der Waals surface area (Å²) >= 11 is 0. The van der Waals surface area contributed by atoms with Crippen LogP contribution in [0.5, 0.6) is 0 Å². The number of nitrogens with two attached hydrogens (primary N) is 1. The first kappa shape index (κ1) is 15.4. The third kappa shape index (κ3) is 3.02. The van der Waals surface area contributed by atoms with E-state index in [2.05, 4.69) is 9.82 Å². The maximum atomic E-state index is 12.6. The Bertz CT molecular complexity index is 763. The maximum absolute atomic E-state index is 12.6. The van der Waals surface area contributed by atoms with Gasteiger partial charge in [-0.15, -0.1) is 0 Å². The van der Waals surface area contributed by atoms with Crippen molar-refractivity contribution >= 4 is 21.4 Å². The molecular weight excluding hydrogens is 288 g/mol. The number of aryl methyl sites for hydroxylation is 1. The van der Waals surface area contributed by atoms with Gasteiger partial charge in [-0.05, 0) is 44.9 Å². The van der Waals surface area contributed by atoms with Crippen molar-refractivity contribution in [2.45, 2.75) is 38.6 Å². The molecule has 1 aromatic heterocycles. The van der Waals surface area contributed by atoms with Crippen molar-refractivity contribution < 1.29 is 8.42 Å². The molecule has 21 heavy (non-hydrogen) atoms. The van der Waals surface area contributed by atoms with Crippen LogP contribution >= 0.6 is 0 Å². The Morgan fingerprint density at radius 1 is 1.29 bits per heavy atom. The van der Waals surface area contributed by atoms with Gasteiger partial charge in [-0.1, -0.05) is 6.07 Å². The molecule has 0 radical (unpaired) electrons. The maximum Gasteiger partial charge on any atom is 0.262 e. The number of hydrogen-bond donors (Lipinski definition) is 2. The minimum atomic E-state index is -3.69. The van der Waals surface area contributed by atoms with Crippen LogP contribution in [0.25, 0.3) is 0 Å². The van der Waals surface area contributed by atoms with E-state index < -0.39 is 10.0 Å². The number of sulfonamides is 1. The first-order chi connectivity index (χ1) is 9.72. The van der Waals surface area contributed by atoms with E-state index >= 15 is 0 Å². The van der Waals surface area contributed by atoms with Gasteiger partial charge in [0.1, 0.15) is 0 Å². The number of aromatic nitrogens is 2. The lowest BCUT2D eigenvalue weighted by Gasteiger charge is -2.13. The summed E-state index contributed by atoms with van der Waals surface area (Å²) in [6.07, 6.45) is 3.16. The molecule has 1 heterocycles. The summed E-state index contributed by atoms with van der Waals surface area (Å²) in [5.74, 6) is 0.